The van der Waals surface area contributed by atoms with Crippen molar-refractivity contribution in [2.45, 2.75) is 31.8 Å². The van der Waals surface area contributed by atoms with Crippen molar-refractivity contribution in [3.05, 3.63) is 35.4 Å². The summed E-state index contributed by atoms with van der Waals surface area (Å²) in [7, 11) is 1.32. The molecule has 5 heteroatoms. The van der Waals surface area contributed by atoms with Gasteiger partial charge in [0, 0.05) is 5.56 Å². The van der Waals surface area contributed by atoms with Gasteiger partial charge in [-0.2, -0.15) is 0 Å². The zero-order valence-corrected chi connectivity index (χ0v) is 11.5. The average Bonchev–Trinajstić information content (AvgIpc) is 2.53. The van der Waals surface area contributed by atoms with E-state index in [4.69, 9.17) is 0 Å². The van der Waals surface area contributed by atoms with Gasteiger partial charge in [0.15, 0.2) is 0 Å². The summed E-state index contributed by atoms with van der Waals surface area (Å²) < 4.78 is 4.59. The standard InChI is InChI=1S/C15H18N2O3/c1-20-15(19)12-7-5-11(6-8-12)10-17-14(18)13-4-2-3-9-16-13/h5,7,13,16H,2-4,9-10H2,1H3,(H,17,18)/t13-/m1/s1. The van der Waals surface area contributed by atoms with E-state index in [2.05, 4.69) is 27.5 Å². The molecule has 1 saturated heterocycles. The molecule has 1 atom stereocenters. The van der Waals surface area contributed by atoms with Crippen LogP contribution in [0.15, 0.2) is 12.1 Å². The minimum atomic E-state index is -0.441. The number of carbonyl (C=O) groups excluding carboxylic acids is 2. The normalized spacial score (nSPS) is 17.9. The molecular weight excluding hydrogens is 256 g/mol. The Kier molecular flexibility index (Phi) is 4.97. The molecule has 1 fully saturated rings. The molecule has 0 saturated carbocycles. The van der Waals surface area contributed by atoms with Crippen LogP contribution in [0.2, 0.25) is 0 Å². The monoisotopic (exact) mass is 274 g/mol. The first kappa shape index (κ1) is 14.4. The molecule has 1 aromatic rings. The van der Waals surface area contributed by atoms with E-state index in [1.807, 2.05) is 0 Å². The van der Waals surface area contributed by atoms with Gasteiger partial charge >= 0.3 is 5.97 Å². The van der Waals surface area contributed by atoms with Crippen LogP contribution in [0.3, 0.4) is 0 Å². The number of amides is 1. The van der Waals surface area contributed by atoms with Gasteiger partial charge in [0.2, 0.25) is 5.91 Å². The van der Waals surface area contributed by atoms with Crippen molar-refractivity contribution < 1.29 is 14.3 Å². The molecule has 2 N–H and O–H groups in total. The summed E-state index contributed by atoms with van der Waals surface area (Å²) in [6, 6.07) is 8.83. The summed E-state index contributed by atoms with van der Waals surface area (Å²) in [6.07, 6.45) is 3.09. The van der Waals surface area contributed by atoms with Gasteiger partial charge in [-0.05, 0) is 31.5 Å². The van der Waals surface area contributed by atoms with Crippen molar-refractivity contribution in [3.63, 3.8) is 0 Å². The third kappa shape index (κ3) is 3.72. The lowest BCUT2D eigenvalue weighted by Crippen LogP contribution is -2.46. The Labute approximate surface area is 118 Å². The van der Waals surface area contributed by atoms with E-state index in [1.54, 1.807) is 12.1 Å². The number of rotatable bonds is 4. The Balaban J connectivity index is 1.84. The number of carbonyl (C=O) groups is 2. The van der Waals surface area contributed by atoms with Gasteiger partial charge in [0.1, 0.15) is 5.56 Å². The van der Waals surface area contributed by atoms with Gasteiger partial charge in [0.25, 0.3) is 0 Å². The number of nitrogens with one attached hydrogen (secondary N) is 2. The molecule has 2 rings (SSSR count). The molecule has 0 aromatic heterocycles. The Morgan fingerprint density at radius 1 is 1.40 bits per heavy atom. The number of ether oxygens (including phenoxy) is 1. The zero-order valence-electron chi connectivity index (χ0n) is 11.5. The van der Waals surface area contributed by atoms with Crippen molar-refractivity contribution in [3.8, 4) is 0 Å². The maximum Gasteiger partial charge on any atom is 0.346 e. The smallest absolute Gasteiger partial charge is 0.346 e. The SMILES string of the molecule is COC(=O)c1c#cc(CNC(=O)[C@H]2CCCCN2)cc1. The topological polar surface area (TPSA) is 67.4 Å². The highest BCUT2D eigenvalue weighted by Gasteiger charge is 2.19. The van der Waals surface area contributed by atoms with Crippen LogP contribution >= 0.6 is 0 Å². The second-order valence-electron chi connectivity index (χ2n) is 4.73. The van der Waals surface area contributed by atoms with Crippen molar-refractivity contribution in [1.29, 1.82) is 0 Å². The first-order valence-corrected chi connectivity index (χ1v) is 6.73. The second kappa shape index (κ2) is 6.92. The van der Waals surface area contributed by atoms with Gasteiger partial charge in [-0.3, -0.25) is 4.79 Å². The van der Waals surface area contributed by atoms with Crippen LogP contribution in [0.25, 0.3) is 0 Å². The fourth-order valence-electron chi connectivity index (χ4n) is 2.13. The molecule has 1 heterocycles. The van der Waals surface area contributed by atoms with Crippen molar-refractivity contribution in [2.24, 2.45) is 0 Å². The first-order valence-electron chi connectivity index (χ1n) is 6.73. The highest BCUT2D eigenvalue weighted by molar-refractivity contribution is 5.88. The van der Waals surface area contributed by atoms with Crippen LogP contribution in [-0.2, 0) is 16.1 Å². The molecule has 1 aromatic carbocycles. The third-order valence-electron chi connectivity index (χ3n) is 3.29. The molecule has 0 spiro atoms. The summed E-state index contributed by atoms with van der Waals surface area (Å²) in [6.45, 7) is 1.28. The van der Waals surface area contributed by atoms with Crippen LogP contribution in [0.4, 0.5) is 0 Å². The molecule has 0 aliphatic carbocycles. The van der Waals surface area contributed by atoms with E-state index in [1.165, 1.54) is 7.11 Å². The predicted molar refractivity (Wildman–Crippen MR) is 72.9 cm³/mol. The van der Waals surface area contributed by atoms with Gasteiger partial charge in [-0.25, -0.2) is 4.79 Å². The second-order valence-corrected chi connectivity index (χ2v) is 4.73. The summed E-state index contributed by atoms with van der Waals surface area (Å²) in [5, 5.41) is 6.06. The Hall–Kier alpha value is -2.06. The predicted octanol–water partition coefficient (Wildman–Crippen LogP) is 0.832. The lowest BCUT2D eigenvalue weighted by molar-refractivity contribution is -0.123. The van der Waals surface area contributed by atoms with E-state index >= 15 is 0 Å². The molecule has 0 bridgehead atoms. The van der Waals surface area contributed by atoms with Crippen molar-refractivity contribution >= 4 is 11.9 Å². The van der Waals surface area contributed by atoms with Gasteiger partial charge in [-0.1, -0.05) is 18.6 Å². The van der Waals surface area contributed by atoms with Crippen molar-refractivity contribution in [2.75, 3.05) is 13.7 Å². The van der Waals surface area contributed by atoms with Crippen LogP contribution in [0.1, 0.15) is 35.2 Å². The third-order valence-corrected chi connectivity index (χ3v) is 3.29. The number of esters is 1. The van der Waals surface area contributed by atoms with Crippen molar-refractivity contribution in [1.82, 2.24) is 10.6 Å². The number of hydrogen-bond acceptors (Lipinski definition) is 4. The Bertz CT molecular complexity index is 465. The lowest BCUT2D eigenvalue weighted by Gasteiger charge is -2.22. The van der Waals surface area contributed by atoms with Gasteiger partial charge < -0.3 is 15.4 Å². The highest BCUT2D eigenvalue weighted by atomic mass is 16.5. The average molecular weight is 274 g/mol. The maximum atomic E-state index is 11.9. The molecule has 20 heavy (non-hydrogen) atoms. The van der Waals surface area contributed by atoms with E-state index < -0.39 is 5.97 Å². The molecule has 5 nitrogen and oxygen atoms in total. The molecule has 106 valence electrons. The van der Waals surface area contributed by atoms with Crippen LogP contribution in [0.5, 0.6) is 0 Å². The van der Waals surface area contributed by atoms with E-state index in [0.717, 1.165) is 31.4 Å². The Morgan fingerprint density at radius 3 is 2.85 bits per heavy atom. The summed E-state index contributed by atoms with van der Waals surface area (Å²) in [5.74, 6) is -0.432. The summed E-state index contributed by atoms with van der Waals surface area (Å²) in [4.78, 5) is 23.2. The molecular formula is C15H18N2O3. The maximum absolute atomic E-state index is 11.9. The fraction of sp³-hybridized carbons (Fsp3) is 0.467. The fourth-order valence-corrected chi connectivity index (χ4v) is 2.13. The molecule has 1 amide bonds. The number of piperidine rings is 1. The van der Waals surface area contributed by atoms with Crippen LogP contribution in [0, 0.1) is 12.1 Å². The molecule has 1 aliphatic heterocycles. The zero-order chi connectivity index (χ0) is 14.4. The van der Waals surface area contributed by atoms with Gasteiger partial charge in [0.05, 0.1) is 19.7 Å². The van der Waals surface area contributed by atoms with Gasteiger partial charge in [-0.15, -0.1) is 0 Å². The molecule has 0 radical (unpaired) electrons. The van der Waals surface area contributed by atoms with E-state index in [0.29, 0.717) is 12.1 Å². The van der Waals surface area contributed by atoms with Crippen LogP contribution in [-0.4, -0.2) is 31.6 Å². The quantitative estimate of drug-likeness (QED) is 0.798. The minimum Gasteiger partial charge on any atom is -0.465 e. The largest absolute Gasteiger partial charge is 0.465 e. The Morgan fingerprint density at radius 2 is 2.25 bits per heavy atom. The lowest BCUT2D eigenvalue weighted by atomic mass is 10.0. The van der Waals surface area contributed by atoms with E-state index in [9.17, 15) is 9.59 Å². The summed E-state index contributed by atoms with van der Waals surface area (Å²) >= 11 is 0. The molecule has 1 aliphatic rings. The minimum absolute atomic E-state index is 0.00939. The summed E-state index contributed by atoms with van der Waals surface area (Å²) in [5.41, 5.74) is 1.11. The molecule has 0 unspecified atom stereocenters. The highest BCUT2D eigenvalue weighted by Crippen LogP contribution is 2.07. The number of hydrogen-bond donors (Lipinski definition) is 2. The first-order chi connectivity index (χ1) is 9.70. The number of methoxy groups -OCH3 is 1. The van der Waals surface area contributed by atoms with Crippen LogP contribution < -0.4 is 10.6 Å². The van der Waals surface area contributed by atoms with E-state index in [-0.39, 0.29) is 11.9 Å².